The zero-order valence-corrected chi connectivity index (χ0v) is 15.9. The molecule has 7 heteroatoms. The molecule has 0 amide bonds. The number of sulfonamides is 1. The smallest absolute Gasteiger partial charge is 0.309 e. The minimum absolute atomic E-state index is 0.0596. The molecule has 0 spiro atoms. The number of nitrogens with zero attached hydrogens (tertiary/aromatic N) is 1. The van der Waals surface area contributed by atoms with E-state index in [1.165, 1.54) is 16.4 Å². The van der Waals surface area contributed by atoms with E-state index in [1.807, 2.05) is 31.2 Å². The number of ether oxygens (including phenoxy) is 1. The third-order valence-electron chi connectivity index (χ3n) is 4.70. The Balaban J connectivity index is 1.55. The maximum Gasteiger partial charge on any atom is 0.309 e. The molecule has 0 aliphatic carbocycles. The predicted octanol–water partition coefficient (Wildman–Crippen LogP) is 3.28. The minimum Gasteiger partial charge on any atom is -0.461 e. The largest absolute Gasteiger partial charge is 0.461 e. The van der Waals surface area contributed by atoms with Gasteiger partial charge in [-0.05, 0) is 49.6 Å². The summed E-state index contributed by atoms with van der Waals surface area (Å²) in [7, 11) is -3.67. The lowest BCUT2D eigenvalue weighted by Crippen LogP contribution is -2.40. The maximum atomic E-state index is 13.0. The van der Waals surface area contributed by atoms with Gasteiger partial charge in [-0.15, -0.1) is 0 Å². The molecule has 5 nitrogen and oxygen atoms in total. The first kappa shape index (κ1) is 19.5. The summed E-state index contributed by atoms with van der Waals surface area (Å²) in [5.74, 6) is -1.09. The molecule has 27 heavy (non-hydrogen) atoms. The van der Waals surface area contributed by atoms with E-state index in [9.17, 15) is 17.6 Å². The highest BCUT2D eigenvalue weighted by molar-refractivity contribution is 7.89. The monoisotopic (exact) mass is 391 g/mol. The zero-order chi connectivity index (χ0) is 19.4. The fraction of sp³-hybridized carbons (Fsp3) is 0.350. The van der Waals surface area contributed by atoms with Crippen molar-refractivity contribution in [3.8, 4) is 0 Å². The Hall–Kier alpha value is -2.25. The zero-order valence-electron chi connectivity index (χ0n) is 15.1. The summed E-state index contributed by atoms with van der Waals surface area (Å²) in [5.41, 5.74) is 2.03. The Kier molecular flexibility index (Phi) is 5.92. The van der Waals surface area contributed by atoms with Gasteiger partial charge in [0.25, 0.3) is 0 Å². The summed E-state index contributed by atoms with van der Waals surface area (Å²) in [6, 6.07) is 12.5. The van der Waals surface area contributed by atoms with Crippen LogP contribution in [0, 0.1) is 18.7 Å². The first-order chi connectivity index (χ1) is 12.9. The SMILES string of the molecule is Cc1cccc(COC(=O)C2CCN(S(=O)(=O)c3ccc(F)cc3)CC2)c1. The van der Waals surface area contributed by atoms with Crippen molar-refractivity contribution in [1.82, 2.24) is 4.31 Å². The van der Waals surface area contributed by atoms with Crippen molar-refractivity contribution in [1.29, 1.82) is 0 Å². The second-order valence-electron chi connectivity index (χ2n) is 6.73. The molecule has 0 aromatic heterocycles. The van der Waals surface area contributed by atoms with Crippen LogP contribution >= 0.6 is 0 Å². The number of carbonyl (C=O) groups excluding carboxylic acids is 1. The molecule has 0 atom stereocenters. The van der Waals surface area contributed by atoms with Gasteiger partial charge in [-0.3, -0.25) is 4.79 Å². The van der Waals surface area contributed by atoms with Gasteiger partial charge in [0.1, 0.15) is 12.4 Å². The lowest BCUT2D eigenvalue weighted by atomic mass is 9.98. The number of esters is 1. The number of carbonyl (C=O) groups is 1. The van der Waals surface area contributed by atoms with Gasteiger partial charge in [0.2, 0.25) is 10.0 Å². The molecule has 0 radical (unpaired) electrons. The highest BCUT2D eigenvalue weighted by Crippen LogP contribution is 2.25. The fourth-order valence-electron chi connectivity index (χ4n) is 3.16. The van der Waals surface area contributed by atoms with Gasteiger partial charge in [0.05, 0.1) is 10.8 Å². The van der Waals surface area contributed by atoms with E-state index in [4.69, 9.17) is 4.74 Å². The lowest BCUT2D eigenvalue weighted by molar-refractivity contribution is -0.151. The maximum absolute atomic E-state index is 13.0. The van der Waals surface area contributed by atoms with E-state index in [1.54, 1.807) is 0 Å². The van der Waals surface area contributed by atoms with Gasteiger partial charge >= 0.3 is 5.97 Å². The van der Waals surface area contributed by atoms with Gasteiger partial charge < -0.3 is 4.74 Å². The lowest BCUT2D eigenvalue weighted by Gasteiger charge is -2.30. The summed E-state index contributed by atoms with van der Waals surface area (Å²) < 4.78 is 45.0. The second kappa shape index (κ2) is 8.19. The van der Waals surface area contributed by atoms with Crippen molar-refractivity contribution < 1.29 is 22.3 Å². The van der Waals surface area contributed by atoms with E-state index < -0.39 is 15.8 Å². The molecule has 3 rings (SSSR count). The molecule has 0 unspecified atom stereocenters. The van der Waals surface area contributed by atoms with Crippen LogP contribution in [0.1, 0.15) is 24.0 Å². The van der Waals surface area contributed by atoms with Crippen LogP contribution in [0.25, 0.3) is 0 Å². The Morgan fingerprint density at radius 2 is 1.81 bits per heavy atom. The number of benzene rings is 2. The van der Waals surface area contributed by atoms with Crippen molar-refractivity contribution in [2.24, 2.45) is 5.92 Å². The minimum atomic E-state index is -3.67. The molecule has 2 aromatic rings. The number of piperidine rings is 1. The van der Waals surface area contributed by atoms with Crippen molar-refractivity contribution in [2.45, 2.75) is 31.3 Å². The topological polar surface area (TPSA) is 63.7 Å². The highest BCUT2D eigenvalue weighted by Gasteiger charge is 2.32. The third kappa shape index (κ3) is 4.73. The summed E-state index contributed by atoms with van der Waals surface area (Å²) in [4.78, 5) is 12.3. The van der Waals surface area contributed by atoms with E-state index in [2.05, 4.69) is 0 Å². The summed E-state index contributed by atoms with van der Waals surface area (Å²) >= 11 is 0. The first-order valence-corrected chi connectivity index (χ1v) is 10.3. The van der Waals surface area contributed by atoms with E-state index >= 15 is 0 Å². The molecule has 1 fully saturated rings. The Morgan fingerprint density at radius 1 is 1.15 bits per heavy atom. The van der Waals surface area contributed by atoms with Crippen LogP contribution in [-0.2, 0) is 26.2 Å². The van der Waals surface area contributed by atoms with E-state index in [0.717, 1.165) is 23.3 Å². The molecular formula is C20H22FNO4S. The van der Waals surface area contributed by atoms with Crippen LogP contribution in [-0.4, -0.2) is 31.8 Å². The molecule has 144 valence electrons. The predicted molar refractivity (Wildman–Crippen MR) is 98.9 cm³/mol. The molecule has 1 aliphatic rings. The number of hydrogen-bond acceptors (Lipinski definition) is 4. The normalized spacial score (nSPS) is 16.2. The average molecular weight is 391 g/mol. The van der Waals surface area contributed by atoms with Crippen LogP contribution in [0.2, 0.25) is 0 Å². The Labute approximate surface area is 158 Å². The molecule has 1 heterocycles. The molecule has 1 aliphatic heterocycles. The van der Waals surface area contributed by atoms with Gasteiger partial charge in [-0.25, -0.2) is 12.8 Å². The third-order valence-corrected chi connectivity index (χ3v) is 6.62. The van der Waals surface area contributed by atoms with Gasteiger partial charge in [-0.1, -0.05) is 29.8 Å². The molecule has 0 saturated carbocycles. The standard InChI is InChI=1S/C20H22FNO4S/c1-15-3-2-4-16(13-15)14-26-20(23)17-9-11-22(12-10-17)27(24,25)19-7-5-18(21)6-8-19/h2-8,13,17H,9-12,14H2,1H3. The van der Waals surface area contributed by atoms with Crippen molar-refractivity contribution in [2.75, 3.05) is 13.1 Å². The van der Waals surface area contributed by atoms with Gasteiger partial charge in [0, 0.05) is 13.1 Å². The molecule has 2 aromatic carbocycles. The van der Waals surface area contributed by atoms with Crippen molar-refractivity contribution in [3.63, 3.8) is 0 Å². The second-order valence-corrected chi connectivity index (χ2v) is 8.67. The van der Waals surface area contributed by atoms with Crippen LogP contribution in [0.4, 0.5) is 4.39 Å². The highest BCUT2D eigenvalue weighted by atomic mass is 32.2. The number of hydrogen-bond donors (Lipinski definition) is 0. The molecule has 1 saturated heterocycles. The van der Waals surface area contributed by atoms with Crippen molar-refractivity contribution in [3.05, 3.63) is 65.5 Å². The Bertz CT molecular complexity index is 904. The number of aryl methyl sites for hydroxylation is 1. The van der Waals surface area contributed by atoms with Crippen LogP contribution < -0.4 is 0 Å². The van der Waals surface area contributed by atoms with Crippen LogP contribution in [0.5, 0.6) is 0 Å². The molecule has 0 bridgehead atoms. The fourth-order valence-corrected chi connectivity index (χ4v) is 4.63. The average Bonchev–Trinajstić information content (AvgIpc) is 2.66. The summed E-state index contributed by atoms with van der Waals surface area (Å²) in [5, 5.41) is 0. The van der Waals surface area contributed by atoms with E-state index in [-0.39, 0.29) is 36.5 Å². The summed E-state index contributed by atoms with van der Waals surface area (Å²) in [6.07, 6.45) is 0.820. The first-order valence-electron chi connectivity index (χ1n) is 8.84. The number of halogens is 1. The van der Waals surface area contributed by atoms with Crippen LogP contribution in [0.15, 0.2) is 53.4 Å². The molecule has 0 N–H and O–H groups in total. The van der Waals surface area contributed by atoms with Crippen LogP contribution in [0.3, 0.4) is 0 Å². The van der Waals surface area contributed by atoms with Gasteiger partial charge in [-0.2, -0.15) is 4.31 Å². The number of rotatable bonds is 5. The molecular weight excluding hydrogens is 369 g/mol. The van der Waals surface area contributed by atoms with Crippen molar-refractivity contribution >= 4 is 16.0 Å². The quantitative estimate of drug-likeness (QED) is 0.734. The summed E-state index contributed by atoms with van der Waals surface area (Å²) in [6.45, 7) is 2.67. The van der Waals surface area contributed by atoms with Gasteiger partial charge in [0.15, 0.2) is 0 Å². The Morgan fingerprint density at radius 3 is 2.44 bits per heavy atom. The van der Waals surface area contributed by atoms with E-state index in [0.29, 0.717) is 12.8 Å².